The minimum Gasteiger partial charge on any atom is -0.325 e. The molecule has 2 N–H and O–H groups in total. The van der Waals surface area contributed by atoms with Gasteiger partial charge in [-0.1, -0.05) is 91.8 Å². The van der Waals surface area contributed by atoms with Crippen molar-refractivity contribution in [2.45, 2.75) is 89.8 Å². The molecule has 8 heteroatoms. The fourth-order valence-corrected chi connectivity index (χ4v) is 15.7. The van der Waals surface area contributed by atoms with Crippen molar-refractivity contribution in [2.75, 3.05) is 10.6 Å². The average molecular weight is 688 g/mol. The molecule has 10 aliphatic rings. The lowest BCUT2D eigenvalue weighted by molar-refractivity contribution is -0.296. The van der Waals surface area contributed by atoms with Crippen molar-refractivity contribution < 1.29 is 19.2 Å². The van der Waals surface area contributed by atoms with Crippen LogP contribution in [0, 0.1) is 56.2 Å². The summed E-state index contributed by atoms with van der Waals surface area (Å²) in [6.07, 6.45) is 1.64. The second kappa shape index (κ2) is 8.42. The number of hydrogen-bond donors (Lipinski definition) is 2. The molecule has 252 valence electrons. The molecule has 12 atom stereocenters. The van der Waals surface area contributed by atoms with Gasteiger partial charge in [0, 0.05) is 33.0 Å². The van der Waals surface area contributed by atoms with Gasteiger partial charge in [-0.25, -0.2) is 0 Å². The predicted molar refractivity (Wildman–Crippen MR) is 186 cm³/mol. The molecule has 8 saturated carbocycles. The molecular weight excluding hydrogens is 643 g/mol. The Morgan fingerprint density at radius 1 is 0.583 bits per heavy atom. The van der Waals surface area contributed by atoms with Crippen LogP contribution in [-0.2, 0) is 30.0 Å². The van der Waals surface area contributed by atoms with Gasteiger partial charge in [0.15, 0.2) is 0 Å². The summed E-state index contributed by atoms with van der Waals surface area (Å²) < 4.78 is 0. The maximum Gasteiger partial charge on any atom is 0.236 e. The number of nitrogens with one attached hydrogen (secondary N) is 2. The molecule has 4 spiro atoms. The van der Waals surface area contributed by atoms with Crippen molar-refractivity contribution in [3.8, 4) is 0 Å². The molecule has 2 heterocycles. The van der Waals surface area contributed by atoms with Crippen LogP contribution in [0.3, 0.4) is 0 Å². The summed E-state index contributed by atoms with van der Waals surface area (Å²) >= 11 is 13.3. The van der Waals surface area contributed by atoms with Gasteiger partial charge in [-0.15, -0.1) is 23.2 Å². The Hall–Kier alpha value is -2.70. The molecule has 2 aromatic rings. The van der Waals surface area contributed by atoms with Crippen molar-refractivity contribution in [3.63, 3.8) is 0 Å². The second-order valence-electron chi connectivity index (χ2n) is 17.9. The largest absolute Gasteiger partial charge is 0.325 e. The number of para-hydroxylation sites is 2. The van der Waals surface area contributed by atoms with Crippen molar-refractivity contribution in [3.05, 3.63) is 59.7 Å². The van der Waals surface area contributed by atoms with E-state index in [-0.39, 0.29) is 68.6 Å². The summed E-state index contributed by atoms with van der Waals surface area (Å²) in [6, 6.07) is 15.8. The van der Waals surface area contributed by atoms with E-state index in [4.69, 9.17) is 23.2 Å². The summed E-state index contributed by atoms with van der Waals surface area (Å²) in [4.78, 5) is 53.7. The molecule has 0 unspecified atom stereocenters. The van der Waals surface area contributed by atoms with Crippen LogP contribution in [0.4, 0.5) is 11.4 Å². The van der Waals surface area contributed by atoms with Crippen LogP contribution in [0.5, 0.6) is 0 Å². The number of carbonyl (C=O) groups excluding carboxylic acids is 4. The number of halogens is 2. The summed E-state index contributed by atoms with van der Waals surface area (Å²) in [5.74, 6) is 0.977. The Bertz CT molecular complexity index is 1800. The molecule has 4 bridgehead atoms. The first kappa shape index (κ1) is 31.3. The third-order valence-electron chi connectivity index (χ3n) is 16.9. The minimum atomic E-state index is -0.756. The van der Waals surface area contributed by atoms with Crippen molar-refractivity contribution in [2.24, 2.45) is 56.2 Å². The van der Waals surface area contributed by atoms with Gasteiger partial charge in [0.2, 0.25) is 11.8 Å². The summed E-state index contributed by atoms with van der Waals surface area (Å²) in [7, 11) is 0. The Balaban J connectivity index is 0.000000131. The molecule has 6 nitrogen and oxygen atoms in total. The highest BCUT2D eigenvalue weighted by Crippen LogP contribution is 2.89. The van der Waals surface area contributed by atoms with Crippen LogP contribution in [0.25, 0.3) is 0 Å². The van der Waals surface area contributed by atoms with E-state index in [2.05, 4.69) is 52.2 Å². The molecule has 0 saturated heterocycles. The number of rotatable bonds is 0. The van der Waals surface area contributed by atoms with Gasteiger partial charge >= 0.3 is 0 Å². The quantitative estimate of drug-likeness (QED) is 0.281. The molecule has 0 radical (unpaired) electrons. The van der Waals surface area contributed by atoms with E-state index in [1.165, 1.54) is 0 Å². The van der Waals surface area contributed by atoms with Crippen molar-refractivity contribution >= 4 is 58.0 Å². The van der Waals surface area contributed by atoms with Gasteiger partial charge < -0.3 is 10.6 Å². The molecule has 2 aromatic carbocycles. The minimum absolute atomic E-state index is 0.000206. The highest BCUT2D eigenvalue weighted by atomic mass is 35.5. The molecule has 8 aliphatic carbocycles. The average Bonchev–Trinajstić information content (AvgIpc) is 3.55. The van der Waals surface area contributed by atoms with E-state index in [1.54, 1.807) is 0 Å². The number of Topliss-reactive ketones (excluding diaryl/α,β-unsaturated/α-hetero) is 2. The van der Waals surface area contributed by atoms with E-state index >= 15 is 0 Å². The van der Waals surface area contributed by atoms with Crippen LogP contribution in [0.15, 0.2) is 48.5 Å². The van der Waals surface area contributed by atoms with Crippen LogP contribution < -0.4 is 10.6 Å². The number of hydrogen-bond acceptors (Lipinski definition) is 4. The second-order valence-corrected chi connectivity index (χ2v) is 18.9. The lowest BCUT2D eigenvalue weighted by Crippen LogP contribution is -2.91. The zero-order valence-electron chi connectivity index (χ0n) is 28.9. The predicted octanol–water partition coefficient (Wildman–Crippen LogP) is 7.51. The zero-order valence-corrected chi connectivity index (χ0v) is 30.4. The number of carbonyl (C=O) groups is 4. The van der Waals surface area contributed by atoms with Gasteiger partial charge in [-0.2, -0.15) is 0 Å². The zero-order chi connectivity index (χ0) is 34.6. The Kier molecular flexibility index (Phi) is 5.49. The number of alkyl halides is 2. The monoisotopic (exact) mass is 686 g/mol. The third kappa shape index (κ3) is 2.41. The molecule has 48 heavy (non-hydrogen) atoms. The van der Waals surface area contributed by atoms with Crippen LogP contribution in [0.2, 0.25) is 0 Å². The first-order valence-electron chi connectivity index (χ1n) is 17.6. The number of anilines is 2. The highest BCUT2D eigenvalue weighted by molar-refractivity contribution is 6.27. The SMILES string of the molecule is C[C@H]1[C@@]2(C)C(=O)[C@]13[C@H](C[C@H]2Cl)C(C)(C)[C@@]31C(=O)Nc2ccccc21.C[C@H]1[C@@]2(C)C(=O)[C@]13[C@H](C[C@H]2Cl)C(C)(C)[C@@]31C(=O)Nc2ccccc21. The van der Waals surface area contributed by atoms with Crippen LogP contribution in [0.1, 0.15) is 79.4 Å². The van der Waals surface area contributed by atoms with Crippen molar-refractivity contribution in [1.82, 2.24) is 0 Å². The smallest absolute Gasteiger partial charge is 0.236 e. The fourth-order valence-electron chi connectivity index (χ4n) is 14.8. The number of benzene rings is 2. The van der Waals surface area contributed by atoms with E-state index in [0.29, 0.717) is 0 Å². The van der Waals surface area contributed by atoms with Gasteiger partial charge in [-0.05, 0) is 70.6 Å². The maximum absolute atomic E-state index is 13.5. The van der Waals surface area contributed by atoms with Crippen LogP contribution in [-0.4, -0.2) is 34.1 Å². The Labute approximate surface area is 292 Å². The third-order valence-corrected chi connectivity index (χ3v) is 18.2. The van der Waals surface area contributed by atoms with E-state index in [0.717, 1.165) is 35.3 Å². The number of amides is 2. The van der Waals surface area contributed by atoms with Gasteiger partial charge in [0.25, 0.3) is 0 Å². The van der Waals surface area contributed by atoms with Gasteiger partial charge in [0.1, 0.15) is 11.6 Å². The molecule has 0 aromatic heterocycles. The molecule has 8 fully saturated rings. The lowest BCUT2D eigenvalue weighted by atomic mass is 9.16. The Morgan fingerprint density at radius 3 is 1.25 bits per heavy atom. The van der Waals surface area contributed by atoms with Gasteiger partial charge in [-0.3, -0.25) is 19.2 Å². The number of ketones is 2. The normalized spacial score (nSPS) is 49.8. The molecule has 2 aliphatic heterocycles. The lowest BCUT2D eigenvalue weighted by Gasteiger charge is -2.84. The first-order chi connectivity index (χ1) is 22.4. The molecular formula is C40H44Cl2N2O4. The van der Waals surface area contributed by atoms with E-state index < -0.39 is 32.5 Å². The Morgan fingerprint density at radius 2 is 0.917 bits per heavy atom. The van der Waals surface area contributed by atoms with Crippen LogP contribution >= 0.6 is 23.2 Å². The first-order valence-corrected chi connectivity index (χ1v) is 18.5. The summed E-state index contributed by atoms with van der Waals surface area (Å²) in [5.41, 5.74) is -0.527. The topological polar surface area (TPSA) is 92.3 Å². The van der Waals surface area contributed by atoms with Gasteiger partial charge in [0.05, 0.1) is 21.7 Å². The van der Waals surface area contributed by atoms with E-state index in [9.17, 15) is 19.2 Å². The summed E-state index contributed by atoms with van der Waals surface area (Å²) in [5, 5.41) is 5.87. The van der Waals surface area contributed by atoms with Crippen molar-refractivity contribution in [1.29, 1.82) is 0 Å². The van der Waals surface area contributed by atoms with E-state index in [1.807, 2.05) is 62.4 Å². The molecule has 12 rings (SSSR count). The highest BCUT2D eigenvalue weighted by Gasteiger charge is 2.95. The number of fused-ring (bicyclic) bond motifs is 6. The fraction of sp³-hybridized carbons (Fsp3) is 0.600. The standard InChI is InChI=1S/2C20H22ClNO2/c2*1-10-18(4)14(21)9-13-17(2,3)20(19(10,13)15(18)23)11-7-5-6-8-12(11)22-16(20)24/h2*5-8,10,13-14H,9H2,1-4H3,(H,22,24)/t2*10-,13+,14+,18+,19+,20+/m00/s1. The molecule has 2 amide bonds. The maximum atomic E-state index is 13.5. The summed E-state index contributed by atoms with van der Waals surface area (Å²) in [6.45, 7) is 16.9.